The van der Waals surface area contributed by atoms with Gasteiger partial charge in [-0.2, -0.15) is 0 Å². The van der Waals surface area contributed by atoms with Crippen molar-refractivity contribution in [2.24, 2.45) is 0 Å². The SMILES string of the molecule is CCN1CCc2cc3c(cc2C1)OCO3. The van der Waals surface area contributed by atoms with Crippen molar-refractivity contribution < 1.29 is 9.47 Å². The number of fused-ring (bicyclic) bond motifs is 2. The molecule has 0 unspecified atom stereocenters. The lowest BCUT2D eigenvalue weighted by Gasteiger charge is -2.27. The monoisotopic (exact) mass is 205 g/mol. The Kier molecular flexibility index (Phi) is 2.06. The van der Waals surface area contributed by atoms with E-state index in [9.17, 15) is 0 Å². The summed E-state index contributed by atoms with van der Waals surface area (Å²) in [5, 5.41) is 0. The summed E-state index contributed by atoms with van der Waals surface area (Å²) >= 11 is 0. The average Bonchev–Trinajstić information content (AvgIpc) is 2.72. The van der Waals surface area contributed by atoms with Crippen LogP contribution in [0.25, 0.3) is 0 Å². The summed E-state index contributed by atoms with van der Waals surface area (Å²) in [6.07, 6.45) is 1.12. The minimum atomic E-state index is 0.371. The molecule has 0 aliphatic carbocycles. The fourth-order valence-electron chi connectivity index (χ4n) is 2.27. The molecule has 15 heavy (non-hydrogen) atoms. The van der Waals surface area contributed by atoms with Gasteiger partial charge in [0.15, 0.2) is 11.5 Å². The molecule has 0 saturated heterocycles. The van der Waals surface area contributed by atoms with Crippen LogP contribution in [0, 0.1) is 0 Å². The number of likely N-dealkylation sites (N-methyl/N-ethyl adjacent to an activating group) is 1. The molecule has 0 fully saturated rings. The van der Waals surface area contributed by atoms with Gasteiger partial charge >= 0.3 is 0 Å². The van der Waals surface area contributed by atoms with Crippen LogP contribution in [0.5, 0.6) is 11.5 Å². The van der Waals surface area contributed by atoms with Gasteiger partial charge in [-0.15, -0.1) is 0 Å². The van der Waals surface area contributed by atoms with Crippen molar-refractivity contribution in [2.45, 2.75) is 19.9 Å². The van der Waals surface area contributed by atoms with Crippen molar-refractivity contribution >= 4 is 0 Å². The fourth-order valence-corrected chi connectivity index (χ4v) is 2.27. The van der Waals surface area contributed by atoms with Crippen LogP contribution < -0.4 is 9.47 Å². The molecule has 3 heteroatoms. The Morgan fingerprint density at radius 2 is 1.93 bits per heavy atom. The molecule has 0 amide bonds. The zero-order valence-electron chi connectivity index (χ0n) is 8.95. The Bertz CT molecular complexity index is 389. The van der Waals surface area contributed by atoms with Crippen LogP contribution >= 0.6 is 0 Å². The highest BCUT2D eigenvalue weighted by Gasteiger charge is 2.21. The van der Waals surface area contributed by atoms with E-state index in [2.05, 4.69) is 24.0 Å². The first-order valence-electron chi connectivity index (χ1n) is 5.50. The number of hydrogen-bond donors (Lipinski definition) is 0. The number of rotatable bonds is 1. The van der Waals surface area contributed by atoms with Gasteiger partial charge in [-0.1, -0.05) is 6.92 Å². The van der Waals surface area contributed by atoms with E-state index in [1.165, 1.54) is 11.1 Å². The van der Waals surface area contributed by atoms with E-state index in [1.807, 2.05) is 0 Å². The van der Waals surface area contributed by atoms with E-state index >= 15 is 0 Å². The predicted octanol–water partition coefficient (Wildman–Crippen LogP) is 1.79. The standard InChI is InChI=1S/C12H15NO2/c1-2-13-4-3-9-5-11-12(15-8-14-11)6-10(9)7-13/h5-6H,2-4,7-8H2,1H3. The van der Waals surface area contributed by atoms with E-state index in [0.29, 0.717) is 6.79 Å². The second-order valence-electron chi connectivity index (χ2n) is 4.09. The van der Waals surface area contributed by atoms with Gasteiger partial charge in [0.25, 0.3) is 0 Å². The van der Waals surface area contributed by atoms with Gasteiger partial charge in [0, 0.05) is 13.1 Å². The molecule has 2 aliphatic rings. The predicted molar refractivity (Wildman–Crippen MR) is 57.2 cm³/mol. The Hall–Kier alpha value is -1.22. The summed E-state index contributed by atoms with van der Waals surface area (Å²) in [4.78, 5) is 2.45. The van der Waals surface area contributed by atoms with Crippen LogP contribution in [0.3, 0.4) is 0 Å². The molecule has 0 atom stereocenters. The van der Waals surface area contributed by atoms with Crippen molar-refractivity contribution in [3.05, 3.63) is 23.3 Å². The van der Waals surface area contributed by atoms with Crippen LogP contribution in [0.15, 0.2) is 12.1 Å². The molecule has 0 radical (unpaired) electrons. The van der Waals surface area contributed by atoms with Gasteiger partial charge in [0.05, 0.1) is 0 Å². The van der Waals surface area contributed by atoms with E-state index in [-0.39, 0.29) is 0 Å². The summed E-state index contributed by atoms with van der Waals surface area (Å²) in [5.41, 5.74) is 2.82. The first kappa shape index (κ1) is 9.04. The van der Waals surface area contributed by atoms with Crippen LogP contribution in [0.1, 0.15) is 18.1 Å². The summed E-state index contributed by atoms with van der Waals surface area (Å²) < 4.78 is 10.8. The van der Waals surface area contributed by atoms with Crippen molar-refractivity contribution in [1.29, 1.82) is 0 Å². The van der Waals surface area contributed by atoms with E-state index in [4.69, 9.17) is 9.47 Å². The number of benzene rings is 1. The topological polar surface area (TPSA) is 21.7 Å². The van der Waals surface area contributed by atoms with Crippen LogP contribution in [0.4, 0.5) is 0 Å². The minimum absolute atomic E-state index is 0.371. The van der Waals surface area contributed by atoms with Gasteiger partial charge < -0.3 is 9.47 Å². The zero-order valence-corrected chi connectivity index (χ0v) is 8.95. The third-order valence-electron chi connectivity index (χ3n) is 3.23. The number of nitrogens with zero attached hydrogens (tertiary/aromatic N) is 1. The van der Waals surface area contributed by atoms with Gasteiger partial charge in [0.2, 0.25) is 6.79 Å². The normalized spacial score (nSPS) is 19.0. The lowest BCUT2D eigenvalue weighted by Crippen LogP contribution is -2.30. The highest BCUT2D eigenvalue weighted by molar-refractivity contribution is 5.49. The second-order valence-corrected chi connectivity index (χ2v) is 4.09. The summed E-state index contributed by atoms with van der Waals surface area (Å²) in [6.45, 7) is 5.90. The molecule has 2 aliphatic heterocycles. The van der Waals surface area contributed by atoms with Gasteiger partial charge in [-0.3, -0.25) is 4.90 Å². The van der Waals surface area contributed by atoms with Gasteiger partial charge in [-0.05, 0) is 36.2 Å². The van der Waals surface area contributed by atoms with E-state index < -0.39 is 0 Å². The second kappa shape index (κ2) is 3.42. The van der Waals surface area contributed by atoms with Gasteiger partial charge in [-0.25, -0.2) is 0 Å². The molecule has 80 valence electrons. The molecule has 0 bridgehead atoms. The molecule has 0 aromatic heterocycles. The first-order chi connectivity index (χ1) is 7.36. The molecule has 0 spiro atoms. The Morgan fingerprint density at radius 3 is 2.67 bits per heavy atom. The number of hydrogen-bond acceptors (Lipinski definition) is 3. The minimum Gasteiger partial charge on any atom is -0.454 e. The number of ether oxygens (including phenoxy) is 2. The third kappa shape index (κ3) is 1.47. The molecule has 3 nitrogen and oxygen atoms in total. The zero-order chi connectivity index (χ0) is 10.3. The van der Waals surface area contributed by atoms with Crippen LogP contribution in [-0.4, -0.2) is 24.8 Å². The molecular weight excluding hydrogens is 190 g/mol. The Morgan fingerprint density at radius 1 is 1.20 bits per heavy atom. The maximum absolute atomic E-state index is 5.39. The molecule has 1 aromatic carbocycles. The van der Waals surface area contributed by atoms with Crippen molar-refractivity contribution in [1.82, 2.24) is 4.90 Å². The lowest BCUT2D eigenvalue weighted by atomic mass is 9.99. The Balaban J connectivity index is 1.97. The van der Waals surface area contributed by atoms with Crippen molar-refractivity contribution in [2.75, 3.05) is 19.9 Å². The van der Waals surface area contributed by atoms with Crippen molar-refractivity contribution in [3.63, 3.8) is 0 Å². The lowest BCUT2D eigenvalue weighted by molar-refractivity contribution is 0.174. The average molecular weight is 205 g/mol. The smallest absolute Gasteiger partial charge is 0.231 e. The third-order valence-corrected chi connectivity index (χ3v) is 3.23. The fraction of sp³-hybridized carbons (Fsp3) is 0.500. The first-order valence-corrected chi connectivity index (χ1v) is 5.50. The highest BCUT2D eigenvalue weighted by Crippen LogP contribution is 2.36. The molecule has 0 N–H and O–H groups in total. The maximum atomic E-state index is 5.39. The van der Waals surface area contributed by atoms with E-state index in [0.717, 1.165) is 37.6 Å². The molecule has 0 saturated carbocycles. The summed E-state index contributed by atoms with van der Waals surface area (Å²) in [7, 11) is 0. The van der Waals surface area contributed by atoms with Crippen molar-refractivity contribution in [3.8, 4) is 11.5 Å². The quantitative estimate of drug-likeness (QED) is 0.697. The molecule has 2 heterocycles. The maximum Gasteiger partial charge on any atom is 0.231 e. The van der Waals surface area contributed by atoms with Crippen LogP contribution in [0.2, 0.25) is 0 Å². The summed E-state index contributed by atoms with van der Waals surface area (Å²) in [6, 6.07) is 4.28. The molecule has 1 aromatic rings. The molecule has 3 rings (SSSR count). The largest absolute Gasteiger partial charge is 0.454 e. The summed E-state index contributed by atoms with van der Waals surface area (Å²) in [5.74, 6) is 1.82. The highest BCUT2D eigenvalue weighted by atomic mass is 16.7. The Labute approximate surface area is 89.6 Å². The van der Waals surface area contributed by atoms with E-state index in [1.54, 1.807) is 0 Å². The van der Waals surface area contributed by atoms with Crippen LogP contribution in [-0.2, 0) is 13.0 Å². The van der Waals surface area contributed by atoms with Gasteiger partial charge in [0.1, 0.15) is 0 Å². The molecular formula is C12H15NO2.